The monoisotopic (exact) mass is 394 g/mol. The molecule has 29 heavy (non-hydrogen) atoms. The molecule has 1 fully saturated rings. The van der Waals surface area contributed by atoms with Crippen LogP contribution in [0.4, 0.5) is 10.1 Å². The van der Waals surface area contributed by atoms with Crippen LogP contribution in [-0.4, -0.2) is 41.5 Å². The molecular weight excluding hydrogens is 371 g/mol. The number of hydrogen-bond donors (Lipinski definition) is 1. The number of anilines is 1. The summed E-state index contributed by atoms with van der Waals surface area (Å²) in [5, 5.41) is 9.60. The lowest BCUT2D eigenvalue weighted by Crippen LogP contribution is -2.40. The maximum absolute atomic E-state index is 13.5. The Kier molecular flexibility index (Phi) is 5.20. The first-order valence-corrected chi connectivity index (χ1v) is 9.81. The van der Waals surface area contributed by atoms with Crippen molar-refractivity contribution in [2.45, 2.75) is 19.8 Å². The third-order valence-corrected chi connectivity index (χ3v) is 5.64. The predicted molar refractivity (Wildman–Crippen MR) is 108 cm³/mol. The summed E-state index contributed by atoms with van der Waals surface area (Å²) < 4.78 is 13.5. The summed E-state index contributed by atoms with van der Waals surface area (Å²) >= 11 is 0. The summed E-state index contributed by atoms with van der Waals surface area (Å²) in [6.45, 7) is 3.04. The molecular formula is C23H23FN2O3. The molecule has 4 rings (SSSR count). The predicted octanol–water partition coefficient (Wildman–Crippen LogP) is 3.12. The summed E-state index contributed by atoms with van der Waals surface area (Å²) in [5.74, 6) is -1.12. The number of nitrogens with zero attached hydrogens (tertiary/aromatic N) is 2. The van der Waals surface area contributed by atoms with E-state index in [1.54, 1.807) is 12.1 Å². The molecule has 0 radical (unpaired) electrons. The average Bonchev–Trinajstić information content (AvgIpc) is 2.99. The number of aryl methyl sites for hydroxylation is 1. The van der Waals surface area contributed by atoms with Crippen molar-refractivity contribution < 1.29 is 19.1 Å². The minimum Gasteiger partial charge on any atom is -0.396 e. The van der Waals surface area contributed by atoms with E-state index in [4.69, 9.17) is 0 Å². The summed E-state index contributed by atoms with van der Waals surface area (Å²) in [6.07, 6.45) is 1.72. The zero-order chi connectivity index (χ0) is 20.5. The fourth-order valence-corrected chi connectivity index (χ4v) is 4.14. The molecule has 5 nitrogen and oxygen atoms in total. The van der Waals surface area contributed by atoms with Crippen LogP contribution in [-0.2, 0) is 9.59 Å². The third kappa shape index (κ3) is 3.44. The molecule has 2 aromatic rings. The first kappa shape index (κ1) is 19.3. The Hall–Kier alpha value is -2.99. The molecule has 0 bridgehead atoms. The maximum atomic E-state index is 13.5. The Bertz CT molecular complexity index is 984. The molecule has 0 saturated carbocycles. The van der Waals surface area contributed by atoms with Crippen molar-refractivity contribution in [1.82, 2.24) is 4.90 Å². The van der Waals surface area contributed by atoms with Gasteiger partial charge in [0.15, 0.2) is 0 Å². The van der Waals surface area contributed by atoms with Gasteiger partial charge in [0.25, 0.3) is 11.8 Å². The number of aliphatic hydroxyl groups excluding tert-OH is 1. The largest absolute Gasteiger partial charge is 0.396 e. The number of aliphatic hydroxyl groups is 1. The normalized spacial score (nSPS) is 20.0. The van der Waals surface area contributed by atoms with E-state index in [1.807, 2.05) is 24.0 Å². The second-order valence-corrected chi connectivity index (χ2v) is 7.60. The Labute approximate surface area is 169 Å². The number of imide groups is 1. The molecule has 0 aliphatic carbocycles. The van der Waals surface area contributed by atoms with Gasteiger partial charge >= 0.3 is 0 Å². The number of carbonyl (C=O) groups excluding carboxylic acids is 2. The van der Waals surface area contributed by atoms with E-state index in [9.17, 15) is 19.1 Å². The number of likely N-dealkylation sites (tertiary alicyclic amines) is 1. The van der Waals surface area contributed by atoms with Gasteiger partial charge in [0.05, 0.1) is 11.3 Å². The average molecular weight is 394 g/mol. The van der Waals surface area contributed by atoms with Gasteiger partial charge in [-0.05, 0) is 55.0 Å². The Morgan fingerprint density at radius 3 is 2.48 bits per heavy atom. The number of carbonyl (C=O) groups is 2. The van der Waals surface area contributed by atoms with Crippen molar-refractivity contribution >= 4 is 23.1 Å². The van der Waals surface area contributed by atoms with Gasteiger partial charge < -0.3 is 10.0 Å². The molecule has 0 spiro atoms. The molecule has 2 aliphatic rings. The smallest absolute Gasteiger partial charge is 0.282 e. The van der Waals surface area contributed by atoms with Crippen LogP contribution in [0.25, 0.3) is 5.57 Å². The Morgan fingerprint density at radius 1 is 1.07 bits per heavy atom. The quantitative estimate of drug-likeness (QED) is 0.810. The first-order chi connectivity index (χ1) is 14.0. The van der Waals surface area contributed by atoms with Crippen molar-refractivity contribution in [3.05, 3.63) is 71.2 Å². The number of amides is 2. The van der Waals surface area contributed by atoms with Crippen LogP contribution in [0.15, 0.2) is 54.2 Å². The summed E-state index contributed by atoms with van der Waals surface area (Å²) in [7, 11) is 0. The third-order valence-electron chi connectivity index (χ3n) is 5.64. The Morgan fingerprint density at radius 2 is 1.79 bits per heavy atom. The topological polar surface area (TPSA) is 60.9 Å². The molecule has 0 aromatic heterocycles. The molecule has 2 aliphatic heterocycles. The van der Waals surface area contributed by atoms with E-state index in [-0.39, 0.29) is 24.0 Å². The van der Waals surface area contributed by atoms with Gasteiger partial charge in [0.2, 0.25) is 0 Å². The number of para-hydroxylation sites is 1. The van der Waals surface area contributed by atoms with Crippen LogP contribution in [0.1, 0.15) is 24.0 Å². The molecule has 150 valence electrons. The van der Waals surface area contributed by atoms with E-state index in [0.29, 0.717) is 30.0 Å². The lowest BCUT2D eigenvalue weighted by atomic mass is 9.97. The van der Waals surface area contributed by atoms with E-state index in [0.717, 1.165) is 18.4 Å². The van der Waals surface area contributed by atoms with Gasteiger partial charge in [-0.3, -0.25) is 9.59 Å². The van der Waals surface area contributed by atoms with Gasteiger partial charge in [0.1, 0.15) is 11.5 Å². The Balaban J connectivity index is 1.83. The second-order valence-electron chi connectivity index (χ2n) is 7.60. The lowest BCUT2D eigenvalue weighted by Gasteiger charge is -2.34. The molecule has 2 amide bonds. The molecule has 2 aromatic carbocycles. The molecule has 2 heterocycles. The number of halogens is 1. The van der Waals surface area contributed by atoms with Crippen molar-refractivity contribution in [2.24, 2.45) is 5.92 Å². The van der Waals surface area contributed by atoms with Crippen LogP contribution in [0.5, 0.6) is 0 Å². The van der Waals surface area contributed by atoms with Gasteiger partial charge in [-0.15, -0.1) is 0 Å². The lowest BCUT2D eigenvalue weighted by molar-refractivity contribution is -0.120. The van der Waals surface area contributed by atoms with E-state index >= 15 is 0 Å². The number of benzene rings is 2. The van der Waals surface area contributed by atoms with Crippen LogP contribution >= 0.6 is 0 Å². The summed E-state index contributed by atoms with van der Waals surface area (Å²) in [6, 6.07) is 12.9. The highest BCUT2D eigenvalue weighted by atomic mass is 19.1. The summed E-state index contributed by atoms with van der Waals surface area (Å²) in [4.78, 5) is 30.0. The molecule has 1 saturated heterocycles. The molecule has 1 unspecified atom stereocenters. The van der Waals surface area contributed by atoms with Crippen LogP contribution in [0, 0.1) is 18.7 Å². The zero-order valence-electron chi connectivity index (χ0n) is 16.3. The highest BCUT2D eigenvalue weighted by Gasteiger charge is 2.43. The van der Waals surface area contributed by atoms with Gasteiger partial charge in [-0.25, -0.2) is 9.29 Å². The van der Waals surface area contributed by atoms with Crippen molar-refractivity contribution in [1.29, 1.82) is 0 Å². The fraction of sp³-hybridized carbons (Fsp3) is 0.304. The van der Waals surface area contributed by atoms with E-state index in [2.05, 4.69) is 0 Å². The number of piperidine rings is 1. The molecule has 6 heteroatoms. The van der Waals surface area contributed by atoms with Crippen molar-refractivity contribution in [2.75, 3.05) is 24.6 Å². The number of rotatable bonds is 4. The van der Waals surface area contributed by atoms with Crippen molar-refractivity contribution in [3.63, 3.8) is 0 Å². The second kappa shape index (κ2) is 7.79. The summed E-state index contributed by atoms with van der Waals surface area (Å²) in [5.41, 5.74) is 2.51. The first-order valence-electron chi connectivity index (χ1n) is 9.81. The molecule has 1 atom stereocenters. The van der Waals surface area contributed by atoms with Crippen LogP contribution in [0.3, 0.4) is 0 Å². The fourth-order valence-electron chi connectivity index (χ4n) is 4.14. The van der Waals surface area contributed by atoms with Crippen molar-refractivity contribution in [3.8, 4) is 0 Å². The number of hydrogen-bond acceptors (Lipinski definition) is 4. The van der Waals surface area contributed by atoms with Gasteiger partial charge in [-0.2, -0.15) is 0 Å². The SMILES string of the molecule is Cc1ccccc1N1C(=O)C(c2ccc(F)cc2)=C(N2CCCC(CO)C2)C1=O. The highest BCUT2D eigenvalue weighted by molar-refractivity contribution is 6.45. The van der Waals surface area contributed by atoms with Crippen LogP contribution < -0.4 is 4.90 Å². The van der Waals surface area contributed by atoms with E-state index < -0.39 is 11.7 Å². The van der Waals surface area contributed by atoms with E-state index in [1.165, 1.54) is 29.2 Å². The minimum absolute atomic E-state index is 0.0410. The van der Waals surface area contributed by atoms with Crippen LogP contribution in [0.2, 0.25) is 0 Å². The molecule has 1 N–H and O–H groups in total. The maximum Gasteiger partial charge on any atom is 0.282 e. The minimum atomic E-state index is -0.406. The van der Waals surface area contributed by atoms with Gasteiger partial charge in [-0.1, -0.05) is 30.3 Å². The highest BCUT2D eigenvalue weighted by Crippen LogP contribution is 2.37. The van der Waals surface area contributed by atoms with Gasteiger partial charge in [0, 0.05) is 19.7 Å². The zero-order valence-corrected chi connectivity index (χ0v) is 16.3. The standard InChI is InChI=1S/C23H23FN2O3/c1-15-5-2-3-7-19(15)26-22(28)20(17-8-10-18(24)11-9-17)21(23(26)29)25-12-4-6-16(13-25)14-27/h2-3,5,7-11,16,27H,4,6,12-14H2,1H3.